The first kappa shape index (κ1) is 15.5. The lowest BCUT2D eigenvalue weighted by Gasteiger charge is -2.13. The number of benzene rings is 1. The number of nitrogens with two attached hydrogens (primary N) is 1. The summed E-state index contributed by atoms with van der Waals surface area (Å²) in [5.41, 5.74) is 6.22. The van der Waals surface area contributed by atoms with Crippen LogP contribution in [-0.4, -0.2) is 18.6 Å². The van der Waals surface area contributed by atoms with Crippen molar-refractivity contribution < 1.29 is 9.53 Å². The van der Waals surface area contributed by atoms with Crippen LogP contribution in [0.2, 0.25) is 0 Å². The van der Waals surface area contributed by atoms with Crippen molar-refractivity contribution in [1.29, 1.82) is 0 Å². The third-order valence-corrected chi connectivity index (χ3v) is 2.95. The van der Waals surface area contributed by atoms with E-state index in [1.807, 2.05) is 24.3 Å². The van der Waals surface area contributed by atoms with Gasteiger partial charge in [-0.1, -0.05) is 31.9 Å². The first-order chi connectivity index (χ1) is 9.11. The summed E-state index contributed by atoms with van der Waals surface area (Å²) in [6.07, 6.45) is 3.70. The van der Waals surface area contributed by atoms with Crippen LogP contribution in [0.25, 0.3) is 0 Å². The lowest BCUT2D eigenvalue weighted by Crippen LogP contribution is -2.25. The van der Waals surface area contributed by atoms with Crippen LogP contribution in [0.5, 0.6) is 5.75 Å². The third kappa shape index (κ3) is 6.82. The summed E-state index contributed by atoms with van der Waals surface area (Å²) in [6.45, 7) is 5.18. The zero-order valence-electron chi connectivity index (χ0n) is 11.8. The van der Waals surface area contributed by atoms with Crippen LogP contribution in [0, 0.1) is 0 Å². The third-order valence-electron chi connectivity index (χ3n) is 2.95. The molecule has 0 aromatic heterocycles. The fourth-order valence-electron chi connectivity index (χ4n) is 1.76. The molecule has 0 fully saturated rings. The van der Waals surface area contributed by atoms with Crippen LogP contribution in [0.1, 0.15) is 38.7 Å². The predicted octanol–water partition coefficient (Wildman–Crippen LogP) is 2.22. The van der Waals surface area contributed by atoms with Crippen molar-refractivity contribution in [1.82, 2.24) is 5.32 Å². The number of nitrogens with one attached hydrogen (secondary N) is 1. The van der Waals surface area contributed by atoms with Crippen LogP contribution in [0.3, 0.4) is 0 Å². The van der Waals surface area contributed by atoms with E-state index < -0.39 is 5.91 Å². The molecule has 1 unspecified atom stereocenters. The molecule has 0 aliphatic carbocycles. The summed E-state index contributed by atoms with van der Waals surface area (Å²) in [6, 6.07) is 8.24. The second-order valence-corrected chi connectivity index (χ2v) is 4.82. The standard InChI is InChI=1S/C15H24N2O2/c1-3-4-5-12(2)17-10-13-6-8-14(9-7-13)19-11-15(16)18/h6-9,12,17H,3-5,10-11H2,1-2H3,(H2,16,18). The summed E-state index contributed by atoms with van der Waals surface area (Å²) in [5.74, 6) is 0.206. The summed E-state index contributed by atoms with van der Waals surface area (Å²) in [7, 11) is 0. The molecule has 106 valence electrons. The zero-order valence-corrected chi connectivity index (χ0v) is 11.8. The average Bonchev–Trinajstić information content (AvgIpc) is 2.41. The van der Waals surface area contributed by atoms with Crippen molar-refractivity contribution in [2.45, 2.75) is 45.7 Å². The number of primary amides is 1. The highest BCUT2D eigenvalue weighted by Gasteiger charge is 2.02. The second kappa shape index (κ2) is 8.53. The molecular formula is C15H24N2O2. The molecule has 0 saturated heterocycles. The van der Waals surface area contributed by atoms with Gasteiger partial charge in [0.2, 0.25) is 0 Å². The van der Waals surface area contributed by atoms with E-state index in [1.165, 1.54) is 24.8 Å². The molecule has 4 nitrogen and oxygen atoms in total. The molecule has 0 heterocycles. The van der Waals surface area contributed by atoms with Crippen molar-refractivity contribution in [3.8, 4) is 5.75 Å². The number of hydrogen-bond donors (Lipinski definition) is 2. The number of unbranched alkanes of at least 4 members (excludes halogenated alkanes) is 1. The fourth-order valence-corrected chi connectivity index (χ4v) is 1.76. The lowest BCUT2D eigenvalue weighted by molar-refractivity contribution is -0.119. The minimum Gasteiger partial charge on any atom is -0.484 e. The maximum absolute atomic E-state index is 10.6. The summed E-state index contributed by atoms with van der Waals surface area (Å²) in [4.78, 5) is 10.6. The Kier molecular flexibility index (Phi) is 6.97. The van der Waals surface area contributed by atoms with Gasteiger partial charge in [-0.2, -0.15) is 0 Å². The maximum Gasteiger partial charge on any atom is 0.255 e. The van der Waals surface area contributed by atoms with E-state index in [4.69, 9.17) is 10.5 Å². The Hall–Kier alpha value is -1.55. The van der Waals surface area contributed by atoms with E-state index in [1.54, 1.807) is 0 Å². The summed E-state index contributed by atoms with van der Waals surface area (Å²) in [5, 5.41) is 3.49. The average molecular weight is 264 g/mol. The highest BCUT2D eigenvalue weighted by atomic mass is 16.5. The molecule has 0 bridgehead atoms. The Morgan fingerprint density at radius 1 is 1.37 bits per heavy atom. The van der Waals surface area contributed by atoms with Gasteiger partial charge in [0.1, 0.15) is 5.75 Å². The zero-order chi connectivity index (χ0) is 14.1. The van der Waals surface area contributed by atoms with E-state index in [0.29, 0.717) is 11.8 Å². The Morgan fingerprint density at radius 3 is 2.63 bits per heavy atom. The van der Waals surface area contributed by atoms with Gasteiger partial charge in [-0.25, -0.2) is 0 Å². The summed E-state index contributed by atoms with van der Waals surface area (Å²) >= 11 is 0. The van der Waals surface area contributed by atoms with E-state index in [2.05, 4.69) is 19.2 Å². The van der Waals surface area contributed by atoms with Gasteiger partial charge in [0.15, 0.2) is 6.61 Å². The SMILES string of the molecule is CCCCC(C)NCc1ccc(OCC(N)=O)cc1. The van der Waals surface area contributed by atoms with Crippen molar-refractivity contribution in [3.05, 3.63) is 29.8 Å². The number of amides is 1. The minimum atomic E-state index is -0.463. The second-order valence-electron chi connectivity index (χ2n) is 4.82. The molecule has 0 radical (unpaired) electrons. The molecule has 1 atom stereocenters. The van der Waals surface area contributed by atoms with Gasteiger partial charge in [-0.05, 0) is 31.0 Å². The highest BCUT2D eigenvalue weighted by molar-refractivity contribution is 5.75. The highest BCUT2D eigenvalue weighted by Crippen LogP contribution is 2.12. The van der Waals surface area contributed by atoms with Gasteiger partial charge in [0.25, 0.3) is 5.91 Å². The molecular weight excluding hydrogens is 240 g/mol. The van der Waals surface area contributed by atoms with Gasteiger partial charge in [-0.3, -0.25) is 4.79 Å². The topological polar surface area (TPSA) is 64.3 Å². The number of carbonyl (C=O) groups is 1. The molecule has 1 aromatic rings. The Bertz CT molecular complexity index is 376. The monoisotopic (exact) mass is 264 g/mol. The first-order valence-electron chi connectivity index (χ1n) is 6.85. The molecule has 0 spiro atoms. The quantitative estimate of drug-likeness (QED) is 0.719. The number of rotatable bonds is 9. The smallest absolute Gasteiger partial charge is 0.255 e. The Morgan fingerprint density at radius 2 is 2.05 bits per heavy atom. The number of hydrogen-bond acceptors (Lipinski definition) is 3. The molecule has 0 aliphatic rings. The van der Waals surface area contributed by atoms with Crippen molar-refractivity contribution in [3.63, 3.8) is 0 Å². The van der Waals surface area contributed by atoms with Crippen LogP contribution >= 0.6 is 0 Å². The Balaban J connectivity index is 2.33. The molecule has 1 aromatic carbocycles. The van der Waals surface area contributed by atoms with Crippen LogP contribution in [0.4, 0.5) is 0 Å². The lowest BCUT2D eigenvalue weighted by atomic mass is 10.1. The van der Waals surface area contributed by atoms with E-state index >= 15 is 0 Å². The first-order valence-corrected chi connectivity index (χ1v) is 6.85. The molecule has 3 N–H and O–H groups in total. The number of ether oxygens (including phenoxy) is 1. The van der Waals surface area contributed by atoms with Gasteiger partial charge >= 0.3 is 0 Å². The Labute approximate surface area is 115 Å². The van der Waals surface area contributed by atoms with Gasteiger partial charge < -0.3 is 15.8 Å². The van der Waals surface area contributed by atoms with Crippen LogP contribution in [-0.2, 0) is 11.3 Å². The molecule has 0 aliphatic heterocycles. The fraction of sp³-hybridized carbons (Fsp3) is 0.533. The van der Waals surface area contributed by atoms with Gasteiger partial charge in [0, 0.05) is 12.6 Å². The van der Waals surface area contributed by atoms with E-state index in [0.717, 1.165) is 6.54 Å². The van der Waals surface area contributed by atoms with Gasteiger partial charge in [0.05, 0.1) is 0 Å². The normalized spacial score (nSPS) is 12.1. The van der Waals surface area contributed by atoms with Crippen molar-refractivity contribution in [2.75, 3.05) is 6.61 Å². The summed E-state index contributed by atoms with van der Waals surface area (Å²) < 4.78 is 5.21. The number of carbonyl (C=O) groups excluding carboxylic acids is 1. The van der Waals surface area contributed by atoms with Crippen LogP contribution in [0.15, 0.2) is 24.3 Å². The van der Waals surface area contributed by atoms with Crippen LogP contribution < -0.4 is 15.8 Å². The van der Waals surface area contributed by atoms with Crippen molar-refractivity contribution in [2.24, 2.45) is 5.73 Å². The predicted molar refractivity (Wildman–Crippen MR) is 77.0 cm³/mol. The van der Waals surface area contributed by atoms with E-state index in [-0.39, 0.29) is 6.61 Å². The minimum absolute atomic E-state index is 0.0777. The van der Waals surface area contributed by atoms with E-state index in [9.17, 15) is 4.79 Å². The molecule has 0 saturated carbocycles. The molecule has 4 heteroatoms. The molecule has 1 amide bonds. The largest absolute Gasteiger partial charge is 0.484 e. The molecule has 1 rings (SSSR count). The maximum atomic E-state index is 10.6. The van der Waals surface area contributed by atoms with Crippen molar-refractivity contribution >= 4 is 5.91 Å². The molecule has 19 heavy (non-hydrogen) atoms. The van der Waals surface area contributed by atoms with Gasteiger partial charge in [-0.15, -0.1) is 0 Å².